The van der Waals surface area contributed by atoms with E-state index in [0.29, 0.717) is 12.1 Å². The molecular formula is C12H10BrIN2OS. The van der Waals surface area contributed by atoms with Crippen LogP contribution in [0.2, 0.25) is 0 Å². The SMILES string of the molecule is Cc1nc(CNC(=O)c2cc(I)ccc2Br)cs1. The Morgan fingerprint density at radius 2 is 2.33 bits per heavy atom. The van der Waals surface area contributed by atoms with Crippen LogP contribution in [0.3, 0.4) is 0 Å². The normalized spacial score (nSPS) is 10.4. The van der Waals surface area contributed by atoms with Crippen molar-refractivity contribution >= 4 is 55.8 Å². The second-order valence-electron chi connectivity index (χ2n) is 3.66. The standard InChI is InChI=1S/C12H10BrIN2OS/c1-7-16-9(6-18-7)5-15-12(17)10-4-8(14)2-3-11(10)13/h2-4,6H,5H2,1H3,(H,15,17). The van der Waals surface area contributed by atoms with E-state index in [4.69, 9.17) is 0 Å². The summed E-state index contributed by atoms with van der Waals surface area (Å²) in [6.45, 7) is 2.41. The molecule has 2 aromatic rings. The second kappa shape index (κ2) is 6.12. The number of benzene rings is 1. The van der Waals surface area contributed by atoms with Gasteiger partial charge < -0.3 is 5.32 Å². The summed E-state index contributed by atoms with van der Waals surface area (Å²) >= 11 is 7.16. The van der Waals surface area contributed by atoms with E-state index in [2.05, 4.69) is 48.8 Å². The largest absolute Gasteiger partial charge is 0.346 e. The lowest BCUT2D eigenvalue weighted by Gasteiger charge is -2.06. The van der Waals surface area contributed by atoms with E-state index in [1.54, 1.807) is 11.3 Å². The number of amides is 1. The minimum atomic E-state index is -0.0916. The van der Waals surface area contributed by atoms with E-state index in [1.807, 2.05) is 30.5 Å². The van der Waals surface area contributed by atoms with E-state index < -0.39 is 0 Å². The van der Waals surface area contributed by atoms with Gasteiger partial charge in [-0.2, -0.15) is 0 Å². The third-order valence-corrected chi connectivity index (χ3v) is 4.45. The Bertz CT molecular complexity index is 585. The highest BCUT2D eigenvalue weighted by Gasteiger charge is 2.10. The fraction of sp³-hybridized carbons (Fsp3) is 0.167. The number of thiazole rings is 1. The van der Waals surface area contributed by atoms with Crippen LogP contribution in [0.1, 0.15) is 21.1 Å². The molecule has 0 aliphatic rings. The minimum absolute atomic E-state index is 0.0916. The van der Waals surface area contributed by atoms with E-state index in [-0.39, 0.29) is 5.91 Å². The smallest absolute Gasteiger partial charge is 0.252 e. The fourth-order valence-electron chi connectivity index (χ4n) is 1.43. The molecule has 0 unspecified atom stereocenters. The number of rotatable bonds is 3. The third-order valence-electron chi connectivity index (χ3n) is 2.27. The van der Waals surface area contributed by atoms with Crippen LogP contribution in [0.5, 0.6) is 0 Å². The first-order valence-corrected chi connectivity index (χ1v) is 7.95. The highest BCUT2D eigenvalue weighted by atomic mass is 127. The monoisotopic (exact) mass is 436 g/mol. The molecule has 1 aromatic heterocycles. The summed E-state index contributed by atoms with van der Waals surface area (Å²) in [6.07, 6.45) is 0. The topological polar surface area (TPSA) is 42.0 Å². The molecule has 3 nitrogen and oxygen atoms in total. The van der Waals surface area contributed by atoms with Crippen LogP contribution in [0.25, 0.3) is 0 Å². The molecule has 1 N–H and O–H groups in total. The molecule has 0 atom stereocenters. The number of carbonyl (C=O) groups is 1. The Morgan fingerprint density at radius 1 is 1.56 bits per heavy atom. The number of aromatic nitrogens is 1. The first-order chi connectivity index (χ1) is 8.56. The Kier molecular flexibility index (Phi) is 4.74. The highest BCUT2D eigenvalue weighted by Crippen LogP contribution is 2.19. The van der Waals surface area contributed by atoms with E-state index in [0.717, 1.165) is 18.7 Å². The van der Waals surface area contributed by atoms with Crippen molar-refractivity contribution in [2.75, 3.05) is 0 Å². The van der Waals surface area contributed by atoms with Gasteiger partial charge in [-0.1, -0.05) is 0 Å². The molecule has 0 aliphatic carbocycles. The molecule has 1 amide bonds. The molecule has 6 heteroatoms. The maximum Gasteiger partial charge on any atom is 0.252 e. The summed E-state index contributed by atoms with van der Waals surface area (Å²) in [5, 5.41) is 5.84. The lowest BCUT2D eigenvalue weighted by Crippen LogP contribution is -2.23. The van der Waals surface area contributed by atoms with Gasteiger partial charge in [-0.25, -0.2) is 4.98 Å². The van der Waals surface area contributed by atoms with Crippen LogP contribution in [0.4, 0.5) is 0 Å². The summed E-state index contributed by atoms with van der Waals surface area (Å²) in [5.41, 5.74) is 1.54. The lowest BCUT2D eigenvalue weighted by molar-refractivity contribution is 0.0949. The number of hydrogen-bond acceptors (Lipinski definition) is 3. The molecule has 0 fully saturated rings. The van der Waals surface area contributed by atoms with Gasteiger partial charge in [0.05, 0.1) is 22.8 Å². The van der Waals surface area contributed by atoms with Gasteiger partial charge in [-0.15, -0.1) is 11.3 Å². The number of nitrogens with one attached hydrogen (secondary N) is 1. The molecular weight excluding hydrogens is 427 g/mol. The molecule has 1 heterocycles. The molecule has 2 rings (SSSR count). The zero-order valence-electron chi connectivity index (χ0n) is 9.54. The quantitative estimate of drug-likeness (QED) is 0.744. The highest BCUT2D eigenvalue weighted by molar-refractivity contribution is 14.1. The molecule has 0 saturated heterocycles. The maximum absolute atomic E-state index is 12.0. The Labute approximate surface area is 131 Å². The van der Waals surface area contributed by atoms with Crippen molar-refractivity contribution in [3.05, 3.63) is 47.9 Å². The zero-order valence-corrected chi connectivity index (χ0v) is 14.1. The summed E-state index contributed by atoms with van der Waals surface area (Å²) in [6, 6.07) is 5.68. The molecule has 94 valence electrons. The fourth-order valence-corrected chi connectivity index (χ4v) is 2.96. The summed E-state index contributed by atoms with van der Waals surface area (Å²) in [4.78, 5) is 16.3. The molecule has 0 aliphatic heterocycles. The average Bonchev–Trinajstić information content (AvgIpc) is 2.75. The minimum Gasteiger partial charge on any atom is -0.346 e. The van der Waals surface area contributed by atoms with E-state index >= 15 is 0 Å². The van der Waals surface area contributed by atoms with Gasteiger partial charge in [0.15, 0.2) is 0 Å². The van der Waals surface area contributed by atoms with Gasteiger partial charge in [0, 0.05) is 13.4 Å². The number of carbonyl (C=O) groups excluding carboxylic acids is 1. The molecule has 1 aromatic carbocycles. The van der Waals surface area contributed by atoms with Crippen molar-refractivity contribution < 1.29 is 4.79 Å². The van der Waals surface area contributed by atoms with Crippen LogP contribution in [0.15, 0.2) is 28.1 Å². The van der Waals surface area contributed by atoms with Crippen molar-refractivity contribution in [3.8, 4) is 0 Å². The summed E-state index contributed by atoms with van der Waals surface area (Å²) in [7, 11) is 0. The summed E-state index contributed by atoms with van der Waals surface area (Å²) in [5.74, 6) is -0.0916. The molecule has 0 saturated carbocycles. The third kappa shape index (κ3) is 3.52. The number of hydrogen-bond donors (Lipinski definition) is 1. The van der Waals surface area contributed by atoms with Crippen LogP contribution < -0.4 is 5.32 Å². The molecule has 0 bridgehead atoms. The van der Waals surface area contributed by atoms with E-state index in [9.17, 15) is 4.79 Å². The second-order valence-corrected chi connectivity index (χ2v) is 6.83. The average molecular weight is 437 g/mol. The van der Waals surface area contributed by atoms with Gasteiger partial charge >= 0.3 is 0 Å². The first kappa shape index (κ1) is 14.0. The van der Waals surface area contributed by atoms with Crippen LogP contribution in [0, 0.1) is 10.5 Å². The number of nitrogens with zero attached hydrogens (tertiary/aromatic N) is 1. The number of halogens is 2. The van der Waals surface area contributed by atoms with Crippen molar-refractivity contribution in [2.24, 2.45) is 0 Å². The lowest BCUT2D eigenvalue weighted by atomic mass is 10.2. The van der Waals surface area contributed by atoms with Gasteiger partial charge in [-0.3, -0.25) is 4.79 Å². The Hall–Kier alpha value is -0.470. The predicted molar refractivity (Wildman–Crippen MR) is 84.9 cm³/mol. The summed E-state index contributed by atoms with van der Waals surface area (Å²) < 4.78 is 1.83. The number of aryl methyl sites for hydroxylation is 1. The van der Waals surface area contributed by atoms with Gasteiger partial charge in [-0.05, 0) is 63.6 Å². The van der Waals surface area contributed by atoms with Crippen molar-refractivity contribution in [1.82, 2.24) is 10.3 Å². The predicted octanol–water partition coefficient (Wildman–Crippen LogP) is 3.75. The van der Waals surface area contributed by atoms with Crippen LogP contribution in [-0.4, -0.2) is 10.9 Å². The van der Waals surface area contributed by atoms with Crippen molar-refractivity contribution in [2.45, 2.75) is 13.5 Å². The van der Waals surface area contributed by atoms with Crippen LogP contribution >= 0.6 is 49.9 Å². The van der Waals surface area contributed by atoms with Gasteiger partial charge in [0.2, 0.25) is 0 Å². The first-order valence-electron chi connectivity index (χ1n) is 5.20. The van der Waals surface area contributed by atoms with Crippen molar-refractivity contribution in [1.29, 1.82) is 0 Å². The van der Waals surface area contributed by atoms with Gasteiger partial charge in [0.1, 0.15) is 0 Å². The maximum atomic E-state index is 12.0. The van der Waals surface area contributed by atoms with E-state index in [1.165, 1.54) is 0 Å². The van der Waals surface area contributed by atoms with Gasteiger partial charge in [0.25, 0.3) is 5.91 Å². The molecule has 18 heavy (non-hydrogen) atoms. The molecule has 0 spiro atoms. The van der Waals surface area contributed by atoms with Crippen molar-refractivity contribution in [3.63, 3.8) is 0 Å². The van der Waals surface area contributed by atoms with Crippen LogP contribution in [-0.2, 0) is 6.54 Å². The Morgan fingerprint density at radius 3 is 3.00 bits per heavy atom. The molecule has 0 radical (unpaired) electrons. The zero-order chi connectivity index (χ0) is 13.1. The Balaban J connectivity index is 2.05.